The first kappa shape index (κ1) is 13.9. The Morgan fingerprint density at radius 2 is 1.09 bits per heavy atom. The number of aliphatic hydroxyl groups is 2. The molecule has 2 N–H and O–H groups in total. The van der Waals surface area contributed by atoms with Gasteiger partial charge in [-0.3, -0.25) is 0 Å². The molecule has 0 aromatic carbocycles. The summed E-state index contributed by atoms with van der Waals surface area (Å²) in [4.78, 5) is 0. The van der Waals surface area contributed by atoms with Gasteiger partial charge < -0.3 is 19.7 Å². The van der Waals surface area contributed by atoms with E-state index in [-0.39, 0.29) is 30.2 Å². The van der Waals surface area contributed by atoms with Crippen LogP contribution in [-0.2, 0) is 9.47 Å². The summed E-state index contributed by atoms with van der Waals surface area (Å²) in [6.45, 7) is 1.73. The highest BCUT2D eigenvalue weighted by molar-refractivity contribution is 8.93. The second-order valence-electron chi connectivity index (χ2n) is 1.67. The summed E-state index contributed by atoms with van der Waals surface area (Å²) in [5.74, 6) is 0. The van der Waals surface area contributed by atoms with Crippen LogP contribution < -0.4 is 0 Å². The van der Waals surface area contributed by atoms with Crippen molar-refractivity contribution in [3.8, 4) is 0 Å². The molecule has 11 heavy (non-hydrogen) atoms. The Kier molecular flexibility index (Phi) is 16.3. The lowest BCUT2D eigenvalue weighted by atomic mass is 10.7. The van der Waals surface area contributed by atoms with Crippen LogP contribution in [0.5, 0.6) is 0 Å². The molecule has 0 heterocycles. The van der Waals surface area contributed by atoms with E-state index in [0.29, 0.717) is 26.4 Å². The van der Waals surface area contributed by atoms with E-state index in [0.717, 1.165) is 0 Å². The molecule has 0 aliphatic heterocycles. The maximum atomic E-state index is 8.26. The third kappa shape index (κ3) is 13.3. The number of ether oxygens (including phenoxy) is 2. The van der Waals surface area contributed by atoms with Crippen LogP contribution in [0.3, 0.4) is 0 Å². The minimum Gasteiger partial charge on any atom is -0.394 e. The van der Waals surface area contributed by atoms with Crippen molar-refractivity contribution >= 4 is 17.0 Å². The van der Waals surface area contributed by atoms with Crippen molar-refractivity contribution in [1.29, 1.82) is 0 Å². The summed E-state index contributed by atoms with van der Waals surface area (Å²) in [7, 11) is 0. The molecule has 0 aromatic heterocycles. The standard InChI is InChI=1S/C6H14O4.BrH/c7-1-3-9-5-6-10-4-2-8;/h7-8H,1-6H2;1H. The van der Waals surface area contributed by atoms with Gasteiger partial charge in [0.05, 0.1) is 39.6 Å². The maximum Gasteiger partial charge on any atom is 0.0701 e. The molecule has 0 bridgehead atoms. The Balaban J connectivity index is 0. The quantitative estimate of drug-likeness (QED) is 0.584. The molecule has 0 aliphatic carbocycles. The first-order valence-electron chi connectivity index (χ1n) is 3.29. The summed E-state index contributed by atoms with van der Waals surface area (Å²) in [5.41, 5.74) is 0. The lowest BCUT2D eigenvalue weighted by Crippen LogP contribution is -2.09. The maximum absolute atomic E-state index is 8.26. The number of hydrogen-bond donors (Lipinski definition) is 2. The molecular formula is C6H15BrO4. The van der Waals surface area contributed by atoms with Gasteiger partial charge in [0.2, 0.25) is 0 Å². The summed E-state index contributed by atoms with van der Waals surface area (Å²) in [5, 5.41) is 16.5. The van der Waals surface area contributed by atoms with Gasteiger partial charge in [0.25, 0.3) is 0 Å². The molecule has 0 rings (SSSR count). The molecule has 0 saturated carbocycles. The highest BCUT2D eigenvalue weighted by Crippen LogP contribution is 1.76. The Morgan fingerprint density at radius 1 is 0.727 bits per heavy atom. The summed E-state index contributed by atoms with van der Waals surface area (Å²) >= 11 is 0. The van der Waals surface area contributed by atoms with Crippen molar-refractivity contribution in [2.75, 3.05) is 39.6 Å². The van der Waals surface area contributed by atoms with Crippen molar-refractivity contribution in [3.05, 3.63) is 0 Å². The number of rotatable bonds is 7. The summed E-state index contributed by atoms with van der Waals surface area (Å²) in [6, 6.07) is 0. The van der Waals surface area contributed by atoms with Gasteiger partial charge in [0.1, 0.15) is 0 Å². The minimum atomic E-state index is 0. The molecule has 0 unspecified atom stereocenters. The van der Waals surface area contributed by atoms with E-state index in [9.17, 15) is 0 Å². The molecule has 0 atom stereocenters. The lowest BCUT2D eigenvalue weighted by molar-refractivity contribution is 0.0222. The van der Waals surface area contributed by atoms with Crippen LogP contribution in [-0.4, -0.2) is 49.9 Å². The molecule has 0 amide bonds. The molecule has 4 nitrogen and oxygen atoms in total. The van der Waals surface area contributed by atoms with E-state index in [4.69, 9.17) is 19.7 Å². The molecule has 5 heteroatoms. The number of hydrogen-bond acceptors (Lipinski definition) is 4. The van der Waals surface area contributed by atoms with E-state index >= 15 is 0 Å². The van der Waals surface area contributed by atoms with Crippen LogP contribution in [0.15, 0.2) is 0 Å². The van der Waals surface area contributed by atoms with Crippen molar-refractivity contribution in [3.63, 3.8) is 0 Å². The molecule has 0 saturated heterocycles. The van der Waals surface area contributed by atoms with Gasteiger partial charge >= 0.3 is 0 Å². The zero-order valence-electron chi connectivity index (χ0n) is 6.36. The molecule has 0 fully saturated rings. The molecule has 70 valence electrons. The largest absolute Gasteiger partial charge is 0.394 e. The van der Waals surface area contributed by atoms with Crippen molar-refractivity contribution < 1.29 is 19.7 Å². The predicted octanol–water partition coefficient (Wildman–Crippen LogP) is -0.418. The van der Waals surface area contributed by atoms with Gasteiger partial charge in [-0.2, -0.15) is 0 Å². The van der Waals surface area contributed by atoms with Crippen molar-refractivity contribution in [2.45, 2.75) is 0 Å². The average Bonchev–Trinajstić information content (AvgIpc) is 1.97. The third-order valence-electron chi connectivity index (χ3n) is 0.843. The molecule has 0 aliphatic rings. The van der Waals surface area contributed by atoms with Crippen LogP contribution in [0.1, 0.15) is 0 Å². The Bertz CT molecular complexity index is 54.5. The SMILES string of the molecule is Br.OCCOCCOCCO. The zero-order chi connectivity index (χ0) is 7.66. The van der Waals surface area contributed by atoms with E-state index < -0.39 is 0 Å². The number of halogens is 1. The van der Waals surface area contributed by atoms with Crippen LogP contribution in [0.4, 0.5) is 0 Å². The second-order valence-corrected chi connectivity index (χ2v) is 1.67. The average molecular weight is 231 g/mol. The fourth-order valence-electron chi connectivity index (χ4n) is 0.451. The highest BCUT2D eigenvalue weighted by Gasteiger charge is 1.86. The minimum absolute atomic E-state index is 0. The van der Waals surface area contributed by atoms with Gasteiger partial charge in [-0.1, -0.05) is 0 Å². The Labute approximate surface area is 76.9 Å². The van der Waals surface area contributed by atoms with Crippen LogP contribution in [0.25, 0.3) is 0 Å². The van der Waals surface area contributed by atoms with Gasteiger partial charge in [0, 0.05) is 0 Å². The van der Waals surface area contributed by atoms with E-state index in [1.165, 1.54) is 0 Å². The molecule has 0 aromatic rings. The summed E-state index contributed by atoms with van der Waals surface area (Å²) < 4.78 is 9.75. The van der Waals surface area contributed by atoms with Gasteiger partial charge in [-0.05, 0) is 0 Å². The smallest absolute Gasteiger partial charge is 0.0701 e. The Morgan fingerprint density at radius 3 is 1.36 bits per heavy atom. The van der Waals surface area contributed by atoms with Gasteiger partial charge in [-0.15, -0.1) is 17.0 Å². The second kappa shape index (κ2) is 12.9. The first-order valence-corrected chi connectivity index (χ1v) is 3.29. The molecular weight excluding hydrogens is 216 g/mol. The summed E-state index contributed by atoms with van der Waals surface area (Å²) in [6.07, 6.45) is 0. The van der Waals surface area contributed by atoms with Crippen LogP contribution in [0, 0.1) is 0 Å². The first-order chi connectivity index (χ1) is 4.91. The number of aliphatic hydroxyl groups excluding tert-OH is 2. The van der Waals surface area contributed by atoms with Gasteiger partial charge in [0.15, 0.2) is 0 Å². The van der Waals surface area contributed by atoms with Crippen molar-refractivity contribution in [2.24, 2.45) is 0 Å². The zero-order valence-corrected chi connectivity index (χ0v) is 8.07. The normalized spacial score (nSPS) is 9.27. The monoisotopic (exact) mass is 230 g/mol. The third-order valence-corrected chi connectivity index (χ3v) is 0.843. The topological polar surface area (TPSA) is 58.9 Å². The van der Waals surface area contributed by atoms with E-state index in [2.05, 4.69) is 0 Å². The molecule has 0 spiro atoms. The predicted molar refractivity (Wildman–Crippen MR) is 46.1 cm³/mol. The fourth-order valence-corrected chi connectivity index (χ4v) is 0.451. The highest BCUT2D eigenvalue weighted by atomic mass is 79.9. The van der Waals surface area contributed by atoms with Crippen LogP contribution >= 0.6 is 17.0 Å². The van der Waals surface area contributed by atoms with E-state index in [1.54, 1.807) is 0 Å². The fraction of sp³-hybridized carbons (Fsp3) is 1.00. The Hall–Kier alpha value is 0.320. The van der Waals surface area contributed by atoms with Gasteiger partial charge in [-0.25, -0.2) is 0 Å². The van der Waals surface area contributed by atoms with Crippen LogP contribution in [0.2, 0.25) is 0 Å². The van der Waals surface area contributed by atoms with E-state index in [1.807, 2.05) is 0 Å². The van der Waals surface area contributed by atoms with Crippen molar-refractivity contribution in [1.82, 2.24) is 0 Å². The molecule has 0 radical (unpaired) electrons. The lowest BCUT2D eigenvalue weighted by Gasteiger charge is -2.01.